The first-order chi connectivity index (χ1) is 11.6. The summed E-state index contributed by atoms with van der Waals surface area (Å²) in [6, 6.07) is 5.76. The molecule has 0 saturated heterocycles. The Morgan fingerprint density at radius 3 is 2.88 bits per heavy atom. The SMILES string of the molecule is CN(C)Cc1cnc(NC(=O)C2(c3ccc4c(c3)OCO4)CC2)s1. The Morgan fingerprint density at radius 2 is 2.12 bits per heavy atom. The summed E-state index contributed by atoms with van der Waals surface area (Å²) in [6.45, 7) is 1.06. The predicted molar refractivity (Wildman–Crippen MR) is 91.6 cm³/mol. The standard InChI is InChI=1S/C17H19N3O3S/c1-20(2)9-12-8-18-16(24-12)19-15(21)17(5-6-17)11-3-4-13-14(7-11)23-10-22-13/h3-4,7-8H,5-6,9-10H2,1-2H3,(H,18,19,21). The Kier molecular flexibility index (Phi) is 3.69. The molecule has 0 unspecified atom stereocenters. The predicted octanol–water partition coefficient (Wildman–Crippen LogP) is 2.60. The first-order valence-corrected chi connectivity index (χ1v) is 8.69. The van der Waals surface area contributed by atoms with Crippen LogP contribution >= 0.6 is 11.3 Å². The molecule has 24 heavy (non-hydrogen) atoms. The number of benzene rings is 1. The smallest absolute Gasteiger partial charge is 0.236 e. The quantitative estimate of drug-likeness (QED) is 0.902. The van der Waals surface area contributed by atoms with Crippen molar-refractivity contribution in [2.45, 2.75) is 24.8 Å². The number of nitrogens with one attached hydrogen (secondary N) is 1. The highest BCUT2D eigenvalue weighted by Crippen LogP contribution is 2.51. The third-order valence-electron chi connectivity index (χ3n) is 4.36. The fraction of sp³-hybridized carbons (Fsp3) is 0.412. The molecule has 4 rings (SSSR count). The minimum absolute atomic E-state index is 0.00659. The maximum Gasteiger partial charge on any atom is 0.236 e. The van der Waals surface area contributed by atoms with Gasteiger partial charge in [0.1, 0.15) is 0 Å². The number of aromatic nitrogens is 1. The minimum atomic E-state index is -0.464. The minimum Gasteiger partial charge on any atom is -0.454 e. The van der Waals surface area contributed by atoms with E-state index in [4.69, 9.17) is 9.47 Å². The molecular formula is C17H19N3O3S. The maximum absolute atomic E-state index is 12.8. The lowest BCUT2D eigenvalue weighted by Crippen LogP contribution is -2.27. The van der Waals surface area contributed by atoms with Gasteiger partial charge in [0.2, 0.25) is 12.7 Å². The van der Waals surface area contributed by atoms with E-state index in [9.17, 15) is 4.79 Å². The van der Waals surface area contributed by atoms with E-state index in [-0.39, 0.29) is 12.7 Å². The summed E-state index contributed by atoms with van der Waals surface area (Å²) in [6.07, 6.45) is 3.50. The molecule has 1 saturated carbocycles. The van der Waals surface area contributed by atoms with Gasteiger partial charge in [-0.1, -0.05) is 6.07 Å². The molecule has 2 heterocycles. The van der Waals surface area contributed by atoms with E-state index in [2.05, 4.69) is 15.2 Å². The van der Waals surface area contributed by atoms with Crippen LogP contribution in [0.5, 0.6) is 11.5 Å². The normalized spacial score (nSPS) is 17.1. The van der Waals surface area contributed by atoms with E-state index >= 15 is 0 Å². The zero-order valence-corrected chi connectivity index (χ0v) is 14.5. The molecule has 2 aromatic rings. The molecule has 1 amide bonds. The molecule has 1 N–H and O–H groups in total. The van der Waals surface area contributed by atoms with E-state index in [1.54, 1.807) is 0 Å². The van der Waals surface area contributed by atoms with Gasteiger partial charge in [0.25, 0.3) is 0 Å². The first kappa shape index (κ1) is 15.4. The Morgan fingerprint density at radius 1 is 1.33 bits per heavy atom. The third kappa shape index (κ3) is 2.74. The molecule has 0 radical (unpaired) electrons. The number of anilines is 1. The third-order valence-corrected chi connectivity index (χ3v) is 5.25. The van der Waals surface area contributed by atoms with Crippen molar-refractivity contribution < 1.29 is 14.3 Å². The summed E-state index contributed by atoms with van der Waals surface area (Å²) >= 11 is 1.52. The van der Waals surface area contributed by atoms with Gasteiger partial charge >= 0.3 is 0 Å². The van der Waals surface area contributed by atoms with E-state index in [0.717, 1.165) is 35.6 Å². The second kappa shape index (κ2) is 5.75. The second-order valence-electron chi connectivity index (χ2n) is 6.47. The van der Waals surface area contributed by atoms with Crippen LogP contribution in [0.25, 0.3) is 0 Å². The van der Waals surface area contributed by atoms with Gasteiger partial charge in [0.05, 0.1) is 5.41 Å². The van der Waals surface area contributed by atoms with Crippen molar-refractivity contribution in [1.29, 1.82) is 0 Å². The molecule has 126 valence electrons. The first-order valence-electron chi connectivity index (χ1n) is 7.88. The fourth-order valence-corrected chi connectivity index (χ4v) is 3.86. The lowest BCUT2D eigenvalue weighted by molar-refractivity contribution is -0.118. The number of hydrogen-bond donors (Lipinski definition) is 1. The Bertz CT molecular complexity index is 783. The average Bonchev–Trinajstić information content (AvgIpc) is 3.03. The van der Waals surface area contributed by atoms with Crippen molar-refractivity contribution in [3.63, 3.8) is 0 Å². The lowest BCUT2D eigenvalue weighted by atomic mass is 9.94. The van der Waals surface area contributed by atoms with E-state index < -0.39 is 5.41 Å². The van der Waals surface area contributed by atoms with E-state index in [0.29, 0.717) is 10.9 Å². The number of carbonyl (C=O) groups is 1. The molecule has 1 fully saturated rings. The van der Waals surface area contributed by atoms with Crippen LogP contribution in [0, 0.1) is 0 Å². The van der Waals surface area contributed by atoms with Crippen LogP contribution in [-0.2, 0) is 16.8 Å². The van der Waals surface area contributed by atoms with Gasteiger partial charge < -0.3 is 19.7 Å². The summed E-state index contributed by atoms with van der Waals surface area (Å²) in [5, 5.41) is 3.64. The van der Waals surface area contributed by atoms with Crippen LogP contribution < -0.4 is 14.8 Å². The molecule has 1 aliphatic carbocycles. The number of hydrogen-bond acceptors (Lipinski definition) is 6. The molecule has 0 spiro atoms. The number of rotatable bonds is 5. The van der Waals surface area contributed by atoms with E-state index in [1.165, 1.54) is 11.3 Å². The van der Waals surface area contributed by atoms with Crippen molar-refractivity contribution in [1.82, 2.24) is 9.88 Å². The van der Waals surface area contributed by atoms with Gasteiger partial charge in [-0.15, -0.1) is 11.3 Å². The number of thiazole rings is 1. The van der Waals surface area contributed by atoms with Crippen LogP contribution in [0.3, 0.4) is 0 Å². The largest absolute Gasteiger partial charge is 0.454 e. The van der Waals surface area contributed by atoms with Gasteiger partial charge in [0, 0.05) is 17.6 Å². The van der Waals surface area contributed by atoms with Crippen molar-refractivity contribution in [2.24, 2.45) is 0 Å². The molecule has 0 bridgehead atoms. The topological polar surface area (TPSA) is 63.7 Å². The number of nitrogens with zero attached hydrogens (tertiary/aromatic N) is 2. The number of carbonyl (C=O) groups excluding carboxylic acids is 1. The summed E-state index contributed by atoms with van der Waals surface area (Å²) < 4.78 is 10.8. The van der Waals surface area contributed by atoms with Gasteiger partial charge in [-0.05, 0) is 44.6 Å². The van der Waals surface area contributed by atoms with Gasteiger partial charge in [-0.3, -0.25) is 4.79 Å². The van der Waals surface area contributed by atoms with Gasteiger partial charge in [-0.2, -0.15) is 0 Å². The summed E-state index contributed by atoms with van der Waals surface area (Å²) in [5.41, 5.74) is 0.517. The molecule has 2 aliphatic rings. The maximum atomic E-state index is 12.8. The summed E-state index contributed by atoms with van der Waals surface area (Å²) in [5.74, 6) is 1.46. The Labute approximate surface area is 144 Å². The fourth-order valence-electron chi connectivity index (χ4n) is 2.93. The summed E-state index contributed by atoms with van der Waals surface area (Å²) in [4.78, 5) is 20.3. The highest BCUT2D eigenvalue weighted by atomic mass is 32.1. The van der Waals surface area contributed by atoms with Crippen molar-refractivity contribution in [3.8, 4) is 11.5 Å². The van der Waals surface area contributed by atoms with Crippen LogP contribution in [-0.4, -0.2) is 36.7 Å². The molecule has 1 aromatic carbocycles. The zero-order chi connectivity index (χ0) is 16.7. The highest BCUT2D eigenvalue weighted by Gasteiger charge is 2.52. The van der Waals surface area contributed by atoms with Crippen LogP contribution in [0.2, 0.25) is 0 Å². The van der Waals surface area contributed by atoms with Crippen LogP contribution in [0.4, 0.5) is 5.13 Å². The molecular weight excluding hydrogens is 326 g/mol. The van der Waals surface area contributed by atoms with Gasteiger partial charge in [0.15, 0.2) is 16.6 Å². The molecule has 0 atom stereocenters. The second-order valence-corrected chi connectivity index (χ2v) is 7.59. The monoisotopic (exact) mass is 345 g/mol. The number of fused-ring (bicyclic) bond motifs is 1. The number of ether oxygens (including phenoxy) is 2. The molecule has 6 nitrogen and oxygen atoms in total. The average molecular weight is 345 g/mol. The molecule has 1 aliphatic heterocycles. The Hall–Kier alpha value is -2.12. The Balaban J connectivity index is 1.50. The molecule has 1 aromatic heterocycles. The van der Waals surface area contributed by atoms with Crippen LogP contribution in [0.1, 0.15) is 23.3 Å². The van der Waals surface area contributed by atoms with E-state index in [1.807, 2.05) is 38.5 Å². The van der Waals surface area contributed by atoms with Crippen molar-refractivity contribution >= 4 is 22.4 Å². The number of amides is 1. The lowest BCUT2D eigenvalue weighted by Gasteiger charge is -2.15. The zero-order valence-electron chi connectivity index (χ0n) is 13.7. The highest BCUT2D eigenvalue weighted by molar-refractivity contribution is 7.15. The molecule has 7 heteroatoms. The van der Waals surface area contributed by atoms with Gasteiger partial charge in [-0.25, -0.2) is 4.98 Å². The van der Waals surface area contributed by atoms with Crippen LogP contribution in [0.15, 0.2) is 24.4 Å². The van der Waals surface area contributed by atoms with Crippen molar-refractivity contribution in [3.05, 3.63) is 34.8 Å². The summed E-state index contributed by atoms with van der Waals surface area (Å²) in [7, 11) is 4.02. The van der Waals surface area contributed by atoms with Crippen molar-refractivity contribution in [2.75, 3.05) is 26.2 Å².